The molecule has 3 aromatic rings. The van der Waals surface area contributed by atoms with Gasteiger partial charge in [-0.15, -0.1) is 10.2 Å². The van der Waals surface area contributed by atoms with Gasteiger partial charge < -0.3 is 9.47 Å². The van der Waals surface area contributed by atoms with Gasteiger partial charge in [0.2, 0.25) is 0 Å². The van der Waals surface area contributed by atoms with Gasteiger partial charge in [-0.25, -0.2) is 0 Å². The van der Waals surface area contributed by atoms with E-state index in [0.29, 0.717) is 11.3 Å². The number of methoxy groups -OCH3 is 2. The van der Waals surface area contributed by atoms with Gasteiger partial charge in [0.1, 0.15) is 24.1 Å². The maximum atomic E-state index is 11.0. The number of aromatic nitrogens is 3. The molecular formula is C18H17N3O3S. The van der Waals surface area contributed by atoms with Crippen LogP contribution in [0.4, 0.5) is 0 Å². The zero-order chi connectivity index (χ0) is 17.6. The summed E-state index contributed by atoms with van der Waals surface area (Å²) in [6.07, 6.45) is 2.48. The number of carbonyl (C=O) groups excluding carboxylic acids is 1. The van der Waals surface area contributed by atoms with E-state index in [0.717, 1.165) is 34.2 Å². The molecule has 2 aromatic carbocycles. The lowest BCUT2D eigenvalue weighted by atomic mass is 10.1. The standard InChI is InChI=1S/C18H17N3O3S/c1-23-16-8-7-13(10-22)9-14(16)11-25-18-20-19-12-21(18)15-5-3-4-6-17(15)24-2/h3-10,12H,11H2,1-2H3. The number of hydrogen-bond donors (Lipinski definition) is 0. The minimum atomic E-state index is 0.596. The van der Waals surface area contributed by atoms with Gasteiger partial charge in [0, 0.05) is 16.9 Å². The Morgan fingerprint density at radius 3 is 2.68 bits per heavy atom. The Kier molecular flexibility index (Phi) is 5.35. The predicted molar refractivity (Wildman–Crippen MR) is 95.9 cm³/mol. The average Bonchev–Trinajstić information content (AvgIpc) is 3.14. The van der Waals surface area contributed by atoms with Gasteiger partial charge in [-0.3, -0.25) is 9.36 Å². The van der Waals surface area contributed by atoms with Crippen molar-refractivity contribution in [2.24, 2.45) is 0 Å². The molecule has 0 N–H and O–H groups in total. The zero-order valence-electron chi connectivity index (χ0n) is 13.9. The van der Waals surface area contributed by atoms with E-state index in [1.54, 1.807) is 32.7 Å². The van der Waals surface area contributed by atoms with Crippen molar-refractivity contribution >= 4 is 18.0 Å². The molecular weight excluding hydrogens is 338 g/mol. The van der Waals surface area contributed by atoms with E-state index in [-0.39, 0.29) is 0 Å². The van der Waals surface area contributed by atoms with Crippen molar-refractivity contribution < 1.29 is 14.3 Å². The first-order chi connectivity index (χ1) is 12.3. The molecule has 0 unspecified atom stereocenters. The van der Waals surface area contributed by atoms with Crippen LogP contribution in [-0.4, -0.2) is 35.3 Å². The van der Waals surface area contributed by atoms with Crippen molar-refractivity contribution in [2.75, 3.05) is 14.2 Å². The summed E-state index contributed by atoms with van der Waals surface area (Å²) in [5.74, 6) is 2.07. The number of carbonyl (C=O) groups is 1. The first kappa shape index (κ1) is 17.0. The van der Waals surface area contributed by atoms with Crippen molar-refractivity contribution in [1.29, 1.82) is 0 Å². The molecule has 0 saturated heterocycles. The van der Waals surface area contributed by atoms with Crippen molar-refractivity contribution in [3.63, 3.8) is 0 Å². The molecule has 25 heavy (non-hydrogen) atoms. The minimum Gasteiger partial charge on any atom is -0.496 e. The summed E-state index contributed by atoms with van der Waals surface area (Å²) < 4.78 is 12.7. The van der Waals surface area contributed by atoms with E-state index < -0.39 is 0 Å². The number of para-hydroxylation sites is 2. The van der Waals surface area contributed by atoms with Crippen LogP contribution in [0.3, 0.4) is 0 Å². The molecule has 3 rings (SSSR count). The van der Waals surface area contributed by atoms with Crippen LogP contribution in [0.15, 0.2) is 53.9 Å². The van der Waals surface area contributed by atoms with Crippen LogP contribution >= 0.6 is 11.8 Å². The van der Waals surface area contributed by atoms with Crippen molar-refractivity contribution in [1.82, 2.24) is 14.8 Å². The first-order valence-electron chi connectivity index (χ1n) is 7.55. The molecule has 0 aliphatic heterocycles. The SMILES string of the molecule is COc1ccc(C=O)cc1CSc1nncn1-c1ccccc1OC. The Morgan fingerprint density at radius 2 is 1.92 bits per heavy atom. The Morgan fingerprint density at radius 1 is 1.12 bits per heavy atom. The zero-order valence-corrected chi connectivity index (χ0v) is 14.7. The third-order valence-corrected chi connectivity index (χ3v) is 4.65. The van der Waals surface area contributed by atoms with Gasteiger partial charge in [-0.05, 0) is 30.3 Å². The van der Waals surface area contributed by atoms with E-state index in [1.165, 1.54) is 11.8 Å². The molecule has 0 atom stereocenters. The predicted octanol–water partition coefficient (Wildman–Crippen LogP) is 3.39. The summed E-state index contributed by atoms with van der Waals surface area (Å²) in [5, 5.41) is 8.93. The number of ether oxygens (including phenoxy) is 2. The Hall–Kier alpha value is -2.80. The molecule has 0 fully saturated rings. The molecule has 1 aromatic heterocycles. The van der Waals surface area contributed by atoms with E-state index in [1.807, 2.05) is 34.9 Å². The quantitative estimate of drug-likeness (QED) is 0.478. The lowest BCUT2D eigenvalue weighted by Gasteiger charge is -2.11. The number of thioether (sulfide) groups is 1. The molecule has 1 heterocycles. The lowest BCUT2D eigenvalue weighted by molar-refractivity contribution is 0.112. The van der Waals surface area contributed by atoms with Gasteiger partial charge in [0.05, 0.1) is 19.9 Å². The summed E-state index contributed by atoms with van der Waals surface area (Å²) in [5.41, 5.74) is 2.40. The van der Waals surface area contributed by atoms with Crippen molar-refractivity contribution in [3.8, 4) is 17.2 Å². The fourth-order valence-corrected chi connectivity index (χ4v) is 3.34. The second kappa shape index (κ2) is 7.85. The molecule has 0 aliphatic rings. The first-order valence-corrected chi connectivity index (χ1v) is 8.53. The Balaban J connectivity index is 1.87. The number of benzene rings is 2. The number of aldehydes is 1. The number of hydrogen-bond acceptors (Lipinski definition) is 6. The largest absolute Gasteiger partial charge is 0.496 e. The Bertz CT molecular complexity index is 880. The summed E-state index contributed by atoms with van der Waals surface area (Å²) in [6.45, 7) is 0. The van der Waals surface area contributed by atoms with E-state index >= 15 is 0 Å². The van der Waals surface area contributed by atoms with E-state index in [9.17, 15) is 4.79 Å². The maximum absolute atomic E-state index is 11.0. The molecule has 0 radical (unpaired) electrons. The molecule has 0 saturated carbocycles. The van der Waals surface area contributed by atoms with Gasteiger partial charge in [0.25, 0.3) is 0 Å². The molecule has 128 valence electrons. The molecule has 0 bridgehead atoms. The van der Waals surface area contributed by atoms with Crippen LogP contribution in [0.1, 0.15) is 15.9 Å². The molecule has 0 amide bonds. The third-order valence-electron chi connectivity index (χ3n) is 3.66. The van der Waals surface area contributed by atoms with E-state index in [4.69, 9.17) is 9.47 Å². The number of nitrogens with zero attached hydrogens (tertiary/aromatic N) is 3. The highest BCUT2D eigenvalue weighted by Crippen LogP contribution is 2.31. The van der Waals surface area contributed by atoms with E-state index in [2.05, 4.69) is 10.2 Å². The van der Waals surface area contributed by atoms with Crippen LogP contribution < -0.4 is 9.47 Å². The normalized spacial score (nSPS) is 10.5. The molecule has 0 spiro atoms. The van der Waals surface area contributed by atoms with Gasteiger partial charge in [0.15, 0.2) is 5.16 Å². The smallest absolute Gasteiger partial charge is 0.196 e. The molecule has 0 aliphatic carbocycles. The highest BCUT2D eigenvalue weighted by molar-refractivity contribution is 7.98. The summed E-state index contributed by atoms with van der Waals surface area (Å²) in [4.78, 5) is 11.0. The minimum absolute atomic E-state index is 0.596. The van der Waals surface area contributed by atoms with Crippen molar-refractivity contribution in [3.05, 3.63) is 59.9 Å². The highest BCUT2D eigenvalue weighted by Gasteiger charge is 2.13. The van der Waals surface area contributed by atoms with Gasteiger partial charge >= 0.3 is 0 Å². The summed E-state index contributed by atoms with van der Waals surface area (Å²) >= 11 is 1.51. The second-order valence-electron chi connectivity index (χ2n) is 5.13. The maximum Gasteiger partial charge on any atom is 0.196 e. The van der Waals surface area contributed by atoms with Crippen LogP contribution in [0.2, 0.25) is 0 Å². The summed E-state index contributed by atoms with van der Waals surface area (Å²) in [7, 11) is 3.24. The monoisotopic (exact) mass is 355 g/mol. The fourth-order valence-electron chi connectivity index (χ4n) is 2.44. The van der Waals surface area contributed by atoms with Crippen LogP contribution in [-0.2, 0) is 5.75 Å². The van der Waals surface area contributed by atoms with Crippen molar-refractivity contribution in [2.45, 2.75) is 10.9 Å². The molecule has 7 heteroatoms. The Labute approximate surface area is 149 Å². The average molecular weight is 355 g/mol. The second-order valence-corrected chi connectivity index (χ2v) is 6.08. The summed E-state index contributed by atoms with van der Waals surface area (Å²) in [6, 6.07) is 13.0. The van der Waals surface area contributed by atoms with Crippen LogP contribution in [0, 0.1) is 0 Å². The number of rotatable bonds is 7. The van der Waals surface area contributed by atoms with Crippen LogP contribution in [0.5, 0.6) is 11.5 Å². The van der Waals surface area contributed by atoms with Gasteiger partial charge in [-0.2, -0.15) is 0 Å². The van der Waals surface area contributed by atoms with Gasteiger partial charge in [-0.1, -0.05) is 23.9 Å². The fraction of sp³-hybridized carbons (Fsp3) is 0.167. The lowest BCUT2D eigenvalue weighted by Crippen LogP contribution is -1.99. The third kappa shape index (κ3) is 3.66. The topological polar surface area (TPSA) is 66.2 Å². The highest BCUT2D eigenvalue weighted by atomic mass is 32.2. The molecule has 6 nitrogen and oxygen atoms in total. The van der Waals surface area contributed by atoms with Crippen LogP contribution in [0.25, 0.3) is 5.69 Å².